The highest BCUT2D eigenvalue weighted by molar-refractivity contribution is 14.0. The molecule has 0 aromatic rings. The van der Waals surface area contributed by atoms with Gasteiger partial charge in [0, 0.05) is 18.5 Å². The summed E-state index contributed by atoms with van der Waals surface area (Å²) in [6.45, 7) is 13.4. The van der Waals surface area contributed by atoms with Gasteiger partial charge in [-0.3, -0.25) is 4.99 Å². The van der Waals surface area contributed by atoms with Gasteiger partial charge in [-0.15, -0.1) is 24.0 Å². The van der Waals surface area contributed by atoms with E-state index in [1.807, 2.05) is 0 Å². The zero-order chi connectivity index (χ0) is 15.6. The van der Waals surface area contributed by atoms with Gasteiger partial charge in [-0.2, -0.15) is 0 Å². The lowest BCUT2D eigenvalue weighted by atomic mass is 9.89. The Hall–Kier alpha value is -0.0400. The monoisotopic (exact) mass is 425 g/mol. The summed E-state index contributed by atoms with van der Waals surface area (Å²) in [6.07, 6.45) is 6.50. The van der Waals surface area contributed by atoms with Crippen LogP contribution in [0.3, 0.4) is 0 Å². The molecule has 0 amide bonds. The number of halogens is 1. The summed E-state index contributed by atoms with van der Waals surface area (Å²) in [5.41, 5.74) is 0.243. The summed E-state index contributed by atoms with van der Waals surface area (Å²) < 4.78 is 5.29. The molecular formula is C17H36IN3O. The van der Waals surface area contributed by atoms with Crippen LogP contribution in [0, 0.1) is 11.3 Å². The van der Waals surface area contributed by atoms with E-state index < -0.39 is 0 Å². The fourth-order valence-corrected chi connectivity index (χ4v) is 2.64. The van der Waals surface area contributed by atoms with E-state index in [1.165, 1.54) is 32.1 Å². The van der Waals surface area contributed by atoms with E-state index >= 15 is 0 Å². The first kappa shape index (κ1) is 22.0. The largest absolute Gasteiger partial charge is 0.380 e. The first-order valence-corrected chi connectivity index (χ1v) is 8.73. The summed E-state index contributed by atoms with van der Waals surface area (Å²) >= 11 is 0. The number of unbranched alkanes of at least 4 members (excludes halogenated alkanes) is 1. The third-order valence-electron chi connectivity index (χ3n) is 4.09. The summed E-state index contributed by atoms with van der Waals surface area (Å²) in [7, 11) is 0. The van der Waals surface area contributed by atoms with Crippen molar-refractivity contribution in [3.8, 4) is 0 Å². The fraction of sp³-hybridized carbons (Fsp3) is 0.941. The first-order valence-electron chi connectivity index (χ1n) is 8.73. The van der Waals surface area contributed by atoms with Gasteiger partial charge in [0.2, 0.25) is 0 Å². The molecule has 1 fully saturated rings. The molecule has 22 heavy (non-hydrogen) atoms. The lowest BCUT2D eigenvalue weighted by molar-refractivity contribution is -0.0945. The van der Waals surface area contributed by atoms with Crippen molar-refractivity contribution in [1.29, 1.82) is 0 Å². The predicted octanol–water partition coefficient (Wildman–Crippen LogP) is 3.80. The Morgan fingerprint density at radius 2 is 1.86 bits per heavy atom. The average Bonchev–Trinajstić information content (AvgIpc) is 2.45. The summed E-state index contributed by atoms with van der Waals surface area (Å²) in [4.78, 5) is 4.73. The van der Waals surface area contributed by atoms with Crippen LogP contribution in [0.1, 0.15) is 59.8 Å². The Morgan fingerprint density at radius 1 is 1.14 bits per heavy atom. The van der Waals surface area contributed by atoms with Crippen LogP contribution >= 0.6 is 24.0 Å². The van der Waals surface area contributed by atoms with Crippen molar-refractivity contribution in [3.05, 3.63) is 0 Å². The topological polar surface area (TPSA) is 45.7 Å². The normalized spacial score (nSPS) is 18.1. The van der Waals surface area contributed by atoms with Gasteiger partial charge in [-0.05, 0) is 25.7 Å². The zero-order valence-electron chi connectivity index (χ0n) is 14.9. The smallest absolute Gasteiger partial charge is 0.191 e. The van der Waals surface area contributed by atoms with E-state index in [2.05, 4.69) is 38.3 Å². The molecule has 0 aliphatic carbocycles. The molecule has 0 aromatic heterocycles. The molecule has 0 spiro atoms. The van der Waals surface area contributed by atoms with Crippen LogP contribution in [0.4, 0.5) is 0 Å². The lowest BCUT2D eigenvalue weighted by Crippen LogP contribution is -2.45. The number of rotatable bonds is 10. The van der Waals surface area contributed by atoms with Crippen molar-refractivity contribution in [2.75, 3.05) is 32.8 Å². The zero-order valence-corrected chi connectivity index (χ0v) is 17.2. The maximum Gasteiger partial charge on any atom is 0.191 e. The van der Waals surface area contributed by atoms with E-state index in [0.717, 1.165) is 44.7 Å². The van der Waals surface area contributed by atoms with E-state index in [1.54, 1.807) is 0 Å². The van der Waals surface area contributed by atoms with Gasteiger partial charge < -0.3 is 15.4 Å². The van der Waals surface area contributed by atoms with Gasteiger partial charge in [0.25, 0.3) is 0 Å². The molecule has 1 rings (SSSR count). The van der Waals surface area contributed by atoms with Crippen molar-refractivity contribution >= 4 is 29.9 Å². The van der Waals surface area contributed by atoms with E-state index in [0.29, 0.717) is 0 Å². The molecule has 1 atom stereocenters. The van der Waals surface area contributed by atoms with E-state index in [-0.39, 0.29) is 29.4 Å². The molecule has 5 heteroatoms. The molecule has 132 valence electrons. The molecule has 1 unspecified atom stereocenters. The SMILES string of the molecule is CCCCC(CCC)CNC(=NCC1(C)COC1)NCC.I. The summed E-state index contributed by atoms with van der Waals surface area (Å²) in [5.74, 6) is 1.73. The maximum absolute atomic E-state index is 5.29. The van der Waals surface area contributed by atoms with Crippen molar-refractivity contribution in [2.45, 2.75) is 59.8 Å². The molecule has 0 aromatic carbocycles. The summed E-state index contributed by atoms with van der Waals surface area (Å²) in [5, 5.41) is 6.89. The second-order valence-corrected chi connectivity index (χ2v) is 6.68. The number of hydrogen-bond donors (Lipinski definition) is 2. The second kappa shape index (κ2) is 12.4. The number of guanidine groups is 1. The second-order valence-electron chi connectivity index (χ2n) is 6.68. The van der Waals surface area contributed by atoms with E-state index in [9.17, 15) is 0 Å². The minimum absolute atomic E-state index is 0. The molecule has 1 aliphatic rings. The number of aliphatic imine (C=N–C) groups is 1. The molecule has 1 saturated heterocycles. The van der Waals surface area contributed by atoms with Gasteiger partial charge in [0.05, 0.1) is 19.8 Å². The lowest BCUT2D eigenvalue weighted by Gasteiger charge is -2.36. The molecule has 4 nitrogen and oxygen atoms in total. The maximum atomic E-state index is 5.29. The van der Waals surface area contributed by atoms with Crippen molar-refractivity contribution in [3.63, 3.8) is 0 Å². The van der Waals surface area contributed by atoms with Crippen LogP contribution in [-0.2, 0) is 4.74 Å². The van der Waals surface area contributed by atoms with Crippen LogP contribution < -0.4 is 10.6 Å². The van der Waals surface area contributed by atoms with Gasteiger partial charge >= 0.3 is 0 Å². The minimum atomic E-state index is 0. The number of ether oxygens (including phenoxy) is 1. The number of hydrogen-bond acceptors (Lipinski definition) is 2. The third kappa shape index (κ3) is 8.56. The minimum Gasteiger partial charge on any atom is -0.380 e. The average molecular weight is 425 g/mol. The fourth-order valence-electron chi connectivity index (χ4n) is 2.64. The highest BCUT2D eigenvalue weighted by Crippen LogP contribution is 2.26. The van der Waals surface area contributed by atoms with Gasteiger partial charge in [-0.1, -0.05) is 40.0 Å². The number of nitrogens with zero attached hydrogens (tertiary/aromatic N) is 1. The van der Waals surface area contributed by atoms with Crippen LogP contribution in [-0.4, -0.2) is 38.8 Å². The first-order chi connectivity index (χ1) is 10.1. The quantitative estimate of drug-likeness (QED) is 0.318. The van der Waals surface area contributed by atoms with E-state index in [4.69, 9.17) is 9.73 Å². The van der Waals surface area contributed by atoms with Crippen molar-refractivity contribution < 1.29 is 4.74 Å². The predicted molar refractivity (Wildman–Crippen MR) is 106 cm³/mol. The Balaban J connectivity index is 0.00000441. The molecule has 0 radical (unpaired) electrons. The Morgan fingerprint density at radius 3 is 2.36 bits per heavy atom. The molecule has 0 saturated carbocycles. The summed E-state index contributed by atoms with van der Waals surface area (Å²) in [6, 6.07) is 0. The molecule has 1 aliphatic heterocycles. The van der Waals surface area contributed by atoms with Crippen molar-refractivity contribution in [2.24, 2.45) is 16.3 Å². The molecule has 1 heterocycles. The Bertz CT molecular complexity index is 306. The van der Waals surface area contributed by atoms with Crippen LogP contribution in [0.25, 0.3) is 0 Å². The van der Waals surface area contributed by atoms with Gasteiger partial charge in [-0.25, -0.2) is 0 Å². The van der Waals surface area contributed by atoms with Gasteiger partial charge in [0.1, 0.15) is 0 Å². The molecule has 0 bridgehead atoms. The van der Waals surface area contributed by atoms with Crippen LogP contribution in [0.15, 0.2) is 4.99 Å². The van der Waals surface area contributed by atoms with Crippen molar-refractivity contribution in [1.82, 2.24) is 10.6 Å². The number of nitrogens with one attached hydrogen (secondary N) is 2. The highest BCUT2D eigenvalue weighted by atomic mass is 127. The molecule has 2 N–H and O–H groups in total. The molecular weight excluding hydrogens is 389 g/mol. The highest BCUT2D eigenvalue weighted by Gasteiger charge is 2.33. The standard InChI is InChI=1S/C17H35N3O.HI/c1-5-8-10-15(9-6-2)11-19-16(18-7-3)20-12-17(4)13-21-14-17;/h15H,5-14H2,1-4H3,(H2,18,19,20);1H. The van der Waals surface area contributed by atoms with Gasteiger partial charge in [0.15, 0.2) is 5.96 Å². The van der Waals surface area contributed by atoms with Crippen LogP contribution in [0.5, 0.6) is 0 Å². The Labute approximate surface area is 154 Å². The third-order valence-corrected chi connectivity index (χ3v) is 4.09. The van der Waals surface area contributed by atoms with Crippen LogP contribution in [0.2, 0.25) is 0 Å². The Kier molecular flexibility index (Phi) is 12.4.